The number of methoxy groups -OCH3 is 1. The summed E-state index contributed by atoms with van der Waals surface area (Å²) in [6.45, 7) is 4.02. The van der Waals surface area contributed by atoms with Gasteiger partial charge in [-0.3, -0.25) is 9.69 Å². The van der Waals surface area contributed by atoms with E-state index in [1.807, 2.05) is 0 Å². The Morgan fingerprint density at radius 3 is 3.08 bits per heavy atom. The predicted octanol–water partition coefficient (Wildman–Crippen LogP) is 0.477. The highest BCUT2D eigenvalue weighted by Crippen LogP contribution is 2.28. The van der Waals surface area contributed by atoms with Crippen LogP contribution in [0.3, 0.4) is 0 Å². The summed E-state index contributed by atoms with van der Waals surface area (Å²) in [6.07, 6.45) is 3.07. The Kier molecular flexibility index (Phi) is 3.06. The van der Waals surface area contributed by atoms with Gasteiger partial charge in [-0.1, -0.05) is 6.08 Å². The highest BCUT2D eigenvalue weighted by atomic mass is 16.6. The molecule has 1 N–H and O–H groups in total. The monoisotopic (exact) mass is 185 g/mol. The Bertz CT molecular complexity index is 217. The van der Waals surface area contributed by atoms with Crippen LogP contribution >= 0.6 is 0 Å². The quantitative estimate of drug-likeness (QED) is 0.512. The fourth-order valence-electron chi connectivity index (χ4n) is 1.47. The van der Waals surface area contributed by atoms with Gasteiger partial charge in [0.15, 0.2) is 0 Å². The van der Waals surface area contributed by atoms with Crippen LogP contribution in [0.2, 0.25) is 0 Å². The van der Waals surface area contributed by atoms with Gasteiger partial charge in [0, 0.05) is 26.5 Å². The Balaban J connectivity index is 2.65. The molecule has 1 heterocycles. The van der Waals surface area contributed by atoms with Gasteiger partial charge in [0.2, 0.25) is 5.91 Å². The van der Waals surface area contributed by atoms with E-state index in [4.69, 9.17) is 4.74 Å². The summed E-state index contributed by atoms with van der Waals surface area (Å²) in [7, 11) is 1.40. The summed E-state index contributed by atoms with van der Waals surface area (Å²) in [5, 5.41) is 9.81. The van der Waals surface area contributed by atoms with Gasteiger partial charge in [-0.2, -0.15) is 0 Å². The van der Waals surface area contributed by atoms with Gasteiger partial charge in [0.1, 0.15) is 0 Å². The molecule has 4 heteroatoms. The van der Waals surface area contributed by atoms with E-state index in [-0.39, 0.29) is 5.91 Å². The van der Waals surface area contributed by atoms with Crippen molar-refractivity contribution in [3.63, 3.8) is 0 Å². The molecule has 0 saturated carbocycles. The summed E-state index contributed by atoms with van der Waals surface area (Å²) in [5.41, 5.74) is 0. The van der Waals surface area contributed by atoms with Gasteiger partial charge >= 0.3 is 0 Å². The van der Waals surface area contributed by atoms with Crippen LogP contribution in [0.5, 0.6) is 0 Å². The number of likely N-dealkylation sites (tertiary alicyclic amines) is 1. The maximum Gasteiger partial charge on any atom is 0.251 e. The molecule has 0 spiro atoms. The minimum Gasteiger partial charge on any atom is -0.349 e. The highest BCUT2D eigenvalue weighted by Gasteiger charge is 2.43. The molecule has 0 radical (unpaired) electrons. The SMILES string of the molecule is C=CCCN1C(=O)CCC1(O)OC. The number of hydrogen-bond donors (Lipinski definition) is 1. The van der Waals surface area contributed by atoms with Crippen LogP contribution < -0.4 is 0 Å². The molecule has 0 aliphatic carbocycles. The predicted molar refractivity (Wildman–Crippen MR) is 47.7 cm³/mol. The van der Waals surface area contributed by atoms with Crippen molar-refractivity contribution in [2.24, 2.45) is 0 Å². The number of nitrogens with zero attached hydrogens (tertiary/aromatic N) is 1. The molecule has 0 aromatic rings. The first-order chi connectivity index (χ1) is 6.14. The number of carbonyl (C=O) groups is 1. The van der Waals surface area contributed by atoms with Gasteiger partial charge in [0.25, 0.3) is 5.91 Å². The minimum atomic E-state index is -1.39. The zero-order valence-electron chi connectivity index (χ0n) is 7.82. The van der Waals surface area contributed by atoms with E-state index in [1.165, 1.54) is 12.0 Å². The van der Waals surface area contributed by atoms with Crippen molar-refractivity contribution in [3.05, 3.63) is 12.7 Å². The first-order valence-corrected chi connectivity index (χ1v) is 4.33. The molecule has 1 rings (SSSR count). The van der Waals surface area contributed by atoms with Crippen LogP contribution in [0.4, 0.5) is 0 Å². The first kappa shape index (κ1) is 10.2. The molecule has 1 unspecified atom stereocenters. The summed E-state index contributed by atoms with van der Waals surface area (Å²) in [6, 6.07) is 0. The maximum atomic E-state index is 11.3. The van der Waals surface area contributed by atoms with Crippen molar-refractivity contribution in [1.29, 1.82) is 0 Å². The molecular formula is C9H15NO3. The Labute approximate surface area is 77.8 Å². The lowest BCUT2D eigenvalue weighted by Gasteiger charge is -2.31. The first-order valence-electron chi connectivity index (χ1n) is 4.33. The van der Waals surface area contributed by atoms with Crippen LogP contribution in [-0.4, -0.2) is 35.5 Å². The molecule has 1 fully saturated rings. The van der Waals surface area contributed by atoms with E-state index >= 15 is 0 Å². The van der Waals surface area contributed by atoms with E-state index < -0.39 is 5.91 Å². The van der Waals surface area contributed by atoms with E-state index in [2.05, 4.69) is 6.58 Å². The van der Waals surface area contributed by atoms with Gasteiger partial charge in [-0.25, -0.2) is 0 Å². The topological polar surface area (TPSA) is 49.8 Å². The molecule has 1 aliphatic heterocycles. The van der Waals surface area contributed by atoms with Crippen molar-refractivity contribution < 1.29 is 14.6 Å². The summed E-state index contributed by atoms with van der Waals surface area (Å²) >= 11 is 0. The lowest BCUT2D eigenvalue weighted by Crippen LogP contribution is -2.47. The lowest BCUT2D eigenvalue weighted by molar-refractivity contribution is -0.258. The Morgan fingerprint density at radius 1 is 1.85 bits per heavy atom. The highest BCUT2D eigenvalue weighted by molar-refractivity contribution is 5.78. The number of carbonyl (C=O) groups excluding carboxylic acids is 1. The van der Waals surface area contributed by atoms with Gasteiger partial charge < -0.3 is 9.84 Å². The van der Waals surface area contributed by atoms with Crippen molar-refractivity contribution in [2.75, 3.05) is 13.7 Å². The zero-order chi connectivity index (χ0) is 9.90. The van der Waals surface area contributed by atoms with Gasteiger partial charge in [-0.15, -0.1) is 6.58 Å². The normalized spacial score (nSPS) is 28.2. The Hall–Kier alpha value is -0.870. The molecule has 1 aliphatic rings. The van der Waals surface area contributed by atoms with Gasteiger partial charge in [0.05, 0.1) is 0 Å². The number of aliphatic hydroxyl groups is 1. The molecule has 1 atom stereocenters. The van der Waals surface area contributed by atoms with Crippen LogP contribution in [0.15, 0.2) is 12.7 Å². The standard InChI is InChI=1S/C9H15NO3/c1-3-4-7-10-8(11)5-6-9(10,12)13-2/h3,12H,1,4-7H2,2H3. The Morgan fingerprint density at radius 2 is 2.54 bits per heavy atom. The third kappa shape index (κ3) is 1.89. The van der Waals surface area contributed by atoms with Crippen molar-refractivity contribution in [2.45, 2.75) is 25.2 Å². The second-order valence-corrected chi connectivity index (χ2v) is 3.07. The molecule has 0 aromatic heterocycles. The summed E-state index contributed by atoms with van der Waals surface area (Å²) in [4.78, 5) is 12.7. The lowest BCUT2D eigenvalue weighted by atomic mass is 10.3. The average molecular weight is 185 g/mol. The van der Waals surface area contributed by atoms with E-state index in [9.17, 15) is 9.90 Å². The van der Waals surface area contributed by atoms with E-state index in [0.717, 1.165) is 0 Å². The third-order valence-electron chi connectivity index (χ3n) is 2.27. The number of amides is 1. The van der Waals surface area contributed by atoms with Crippen LogP contribution in [0.1, 0.15) is 19.3 Å². The average Bonchev–Trinajstić information content (AvgIpc) is 2.41. The molecule has 0 aromatic carbocycles. The molecular weight excluding hydrogens is 170 g/mol. The van der Waals surface area contributed by atoms with Crippen molar-refractivity contribution in [1.82, 2.24) is 4.90 Å². The molecule has 4 nitrogen and oxygen atoms in total. The number of hydrogen-bond acceptors (Lipinski definition) is 3. The van der Waals surface area contributed by atoms with Crippen LogP contribution in [0, 0.1) is 0 Å². The second-order valence-electron chi connectivity index (χ2n) is 3.07. The fraction of sp³-hybridized carbons (Fsp3) is 0.667. The maximum absolute atomic E-state index is 11.3. The van der Waals surface area contributed by atoms with E-state index in [1.54, 1.807) is 6.08 Å². The van der Waals surface area contributed by atoms with E-state index in [0.29, 0.717) is 25.8 Å². The molecule has 0 bridgehead atoms. The van der Waals surface area contributed by atoms with Crippen LogP contribution in [0.25, 0.3) is 0 Å². The zero-order valence-corrected chi connectivity index (χ0v) is 7.82. The molecule has 1 amide bonds. The number of ether oxygens (including phenoxy) is 1. The third-order valence-corrected chi connectivity index (χ3v) is 2.27. The van der Waals surface area contributed by atoms with Crippen molar-refractivity contribution in [3.8, 4) is 0 Å². The molecule has 74 valence electrons. The summed E-state index contributed by atoms with van der Waals surface area (Å²) < 4.78 is 4.91. The second kappa shape index (κ2) is 3.89. The number of rotatable bonds is 4. The molecule has 13 heavy (non-hydrogen) atoms. The largest absolute Gasteiger partial charge is 0.349 e. The molecule has 1 saturated heterocycles. The van der Waals surface area contributed by atoms with Crippen molar-refractivity contribution >= 4 is 5.91 Å². The van der Waals surface area contributed by atoms with Crippen LogP contribution in [-0.2, 0) is 9.53 Å². The smallest absolute Gasteiger partial charge is 0.251 e. The minimum absolute atomic E-state index is 0.0637. The summed E-state index contributed by atoms with van der Waals surface area (Å²) in [5.74, 6) is -1.45. The van der Waals surface area contributed by atoms with Gasteiger partial charge in [-0.05, 0) is 6.42 Å². The fourth-order valence-corrected chi connectivity index (χ4v) is 1.47.